The van der Waals surface area contributed by atoms with Gasteiger partial charge in [-0.05, 0) is 42.8 Å². The number of Topliss-reactive ketones (excluding diaryl/α,β-unsaturated/α-hetero) is 1. The van der Waals surface area contributed by atoms with Gasteiger partial charge in [0.1, 0.15) is 11.5 Å². The molecule has 1 aliphatic rings. The standard InChI is InChI=1S/C17H13NO5/c1-2-22-13-7-8-14-15(10-13)23-16(17(14)19)9-11-3-5-12(6-4-11)18(20)21/h3-10H,2H2,1H3. The third-order valence-corrected chi connectivity index (χ3v) is 3.35. The number of nitro groups is 1. The molecule has 0 spiro atoms. The largest absolute Gasteiger partial charge is 0.494 e. The second-order valence-electron chi connectivity index (χ2n) is 4.88. The summed E-state index contributed by atoms with van der Waals surface area (Å²) in [6.07, 6.45) is 1.56. The van der Waals surface area contributed by atoms with Gasteiger partial charge in [0, 0.05) is 18.2 Å². The number of fused-ring (bicyclic) bond motifs is 1. The average molecular weight is 311 g/mol. The Kier molecular flexibility index (Phi) is 3.80. The van der Waals surface area contributed by atoms with E-state index in [0.29, 0.717) is 29.2 Å². The highest BCUT2D eigenvalue weighted by molar-refractivity contribution is 6.14. The molecular formula is C17H13NO5. The van der Waals surface area contributed by atoms with Crippen molar-refractivity contribution < 1.29 is 19.2 Å². The molecular weight excluding hydrogens is 298 g/mol. The van der Waals surface area contributed by atoms with Crippen molar-refractivity contribution in [3.05, 3.63) is 69.5 Å². The second kappa shape index (κ2) is 5.92. The number of non-ortho nitro benzene ring substituents is 1. The Balaban J connectivity index is 1.87. The molecule has 116 valence electrons. The predicted molar refractivity (Wildman–Crippen MR) is 83.6 cm³/mol. The molecule has 1 heterocycles. The molecule has 0 unspecified atom stereocenters. The minimum atomic E-state index is -0.473. The van der Waals surface area contributed by atoms with E-state index in [4.69, 9.17) is 9.47 Å². The minimum Gasteiger partial charge on any atom is -0.494 e. The van der Waals surface area contributed by atoms with Gasteiger partial charge < -0.3 is 9.47 Å². The van der Waals surface area contributed by atoms with Gasteiger partial charge in [-0.25, -0.2) is 0 Å². The van der Waals surface area contributed by atoms with Gasteiger partial charge in [0.25, 0.3) is 5.69 Å². The van der Waals surface area contributed by atoms with Crippen LogP contribution in [-0.4, -0.2) is 17.3 Å². The fraction of sp³-hybridized carbons (Fsp3) is 0.118. The summed E-state index contributed by atoms with van der Waals surface area (Å²) in [6, 6.07) is 11.0. The van der Waals surface area contributed by atoms with Gasteiger partial charge in [-0.3, -0.25) is 14.9 Å². The van der Waals surface area contributed by atoms with Crippen molar-refractivity contribution in [2.75, 3.05) is 6.61 Å². The van der Waals surface area contributed by atoms with Gasteiger partial charge >= 0.3 is 0 Å². The molecule has 3 rings (SSSR count). The molecule has 2 aromatic rings. The quantitative estimate of drug-likeness (QED) is 0.489. The number of allylic oxidation sites excluding steroid dienone is 1. The van der Waals surface area contributed by atoms with Crippen LogP contribution < -0.4 is 9.47 Å². The molecule has 2 aromatic carbocycles. The second-order valence-corrected chi connectivity index (χ2v) is 4.88. The van der Waals surface area contributed by atoms with Crippen molar-refractivity contribution in [1.29, 1.82) is 0 Å². The Bertz CT molecular complexity index is 808. The van der Waals surface area contributed by atoms with E-state index in [-0.39, 0.29) is 17.2 Å². The number of ketones is 1. The topological polar surface area (TPSA) is 78.7 Å². The average Bonchev–Trinajstić information content (AvgIpc) is 2.84. The van der Waals surface area contributed by atoms with E-state index in [9.17, 15) is 14.9 Å². The lowest BCUT2D eigenvalue weighted by Gasteiger charge is -2.03. The van der Waals surface area contributed by atoms with Gasteiger partial charge in [0.15, 0.2) is 5.76 Å². The first-order valence-electron chi connectivity index (χ1n) is 7.04. The summed E-state index contributed by atoms with van der Waals surface area (Å²) in [5, 5.41) is 10.6. The maximum absolute atomic E-state index is 12.3. The van der Waals surface area contributed by atoms with E-state index in [1.54, 1.807) is 36.4 Å². The maximum Gasteiger partial charge on any atom is 0.269 e. The van der Waals surface area contributed by atoms with Crippen LogP contribution in [0.5, 0.6) is 11.5 Å². The number of carbonyl (C=O) groups excluding carboxylic acids is 1. The molecule has 0 saturated carbocycles. The van der Waals surface area contributed by atoms with Crippen molar-refractivity contribution >= 4 is 17.5 Å². The molecule has 0 atom stereocenters. The third-order valence-electron chi connectivity index (χ3n) is 3.35. The van der Waals surface area contributed by atoms with Crippen LogP contribution in [0.1, 0.15) is 22.8 Å². The van der Waals surface area contributed by atoms with Gasteiger partial charge in [-0.1, -0.05) is 0 Å². The van der Waals surface area contributed by atoms with E-state index in [2.05, 4.69) is 0 Å². The maximum atomic E-state index is 12.3. The number of nitro benzene ring substituents is 1. The van der Waals surface area contributed by atoms with Crippen LogP contribution >= 0.6 is 0 Å². The Labute approximate surface area is 132 Å². The zero-order chi connectivity index (χ0) is 16.4. The van der Waals surface area contributed by atoms with E-state index in [1.807, 2.05) is 6.92 Å². The number of nitrogens with zero attached hydrogens (tertiary/aromatic N) is 1. The highest BCUT2D eigenvalue weighted by Crippen LogP contribution is 2.34. The zero-order valence-electron chi connectivity index (χ0n) is 12.3. The molecule has 0 bridgehead atoms. The highest BCUT2D eigenvalue weighted by atomic mass is 16.6. The van der Waals surface area contributed by atoms with Gasteiger partial charge in [-0.15, -0.1) is 0 Å². The summed E-state index contributed by atoms with van der Waals surface area (Å²) in [4.78, 5) is 22.5. The number of ether oxygens (including phenoxy) is 2. The molecule has 6 nitrogen and oxygen atoms in total. The zero-order valence-corrected chi connectivity index (χ0v) is 12.3. The normalized spacial score (nSPS) is 14.5. The van der Waals surface area contributed by atoms with Crippen LogP contribution in [0.4, 0.5) is 5.69 Å². The smallest absolute Gasteiger partial charge is 0.269 e. The predicted octanol–water partition coefficient (Wildman–Crippen LogP) is 3.61. The summed E-state index contributed by atoms with van der Waals surface area (Å²) >= 11 is 0. The van der Waals surface area contributed by atoms with Crippen molar-refractivity contribution in [1.82, 2.24) is 0 Å². The lowest BCUT2D eigenvalue weighted by atomic mass is 10.1. The first-order chi connectivity index (χ1) is 11.1. The number of benzene rings is 2. The Hall–Kier alpha value is -3.15. The lowest BCUT2D eigenvalue weighted by Crippen LogP contribution is -1.98. The fourth-order valence-corrected chi connectivity index (χ4v) is 2.27. The Morgan fingerprint density at radius 1 is 1.22 bits per heavy atom. The van der Waals surface area contributed by atoms with Crippen molar-refractivity contribution in [3.8, 4) is 11.5 Å². The summed E-state index contributed by atoms with van der Waals surface area (Å²) in [5.74, 6) is 1.05. The van der Waals surface area contributed by atoms with Crippen molar-refractivity contribution in [3.63, 3.8) is 0 Å². The first-order valence-corrected chi connectivity index (χ1v) is 7.04. The molecule has 0 aromatic heterocycles. The molecule has 0 N–H and O–H groups in total. The molecule has 0 saturated heterocycles. The highest BCUT2D eigenvalue weighted by Gasteiger charge is 2.27. The van der Waals surface area contributed by atoms with E-state index in [1.165, 1.54) is 12.1 Å². The Morgan fingerprint density at radius 2 is 1.96 bits per heavy atom. The monoisotopic (exact) mass is 311 g/mol. The molecule has 0 amide bonds. The molecule has 1 aliphatic heterocycles. The first kappa shape index (κ1) is 14.8. The Morgan fingerprint density at radius 3 is 2.61 bits per heavy atom. The SMILES string of the molecule is CCOc1ccc2c(c1)OC(=Cc1ccc([N+](=O)[O-])cc1)C2=O. The van der Waals surface area contributed by atoms with Crippen molar-refractivity contribution in [2.45, 2.75) is 6.92 Å². The number of hydrogen-bond donors (Lipinski definition) is 0. The van der Waals surface area contributed by atoms with Gasteiger partial charge in [0.05, 0.1) is 17.1 Å². The van der Waals surface area contributed by atoms with Crippen LogP contribution in [0, 0.1) is 10.1 Å². The fourth-order valence-electron chi connectivity index (χ4n) is 2.27. The van der Waals surface area contributed by atoms with Crippen LogP contribution in [-0.2, 0) is 0 Å². The van der Waals surface area contributed by atoms with Gasteiger partial charge in [-0.2, -0.15) is 0 Å². The summed E-state index contributed by atoms with van der Waals surface area (Å²) in [7, 11) is 0. The lowest BCUT2D eigenvalue weighted by molar-refractivity contribution is -0.384. The van der Waals surface area contributed by atoms with Crippen LogP contribution in [0.25, 0.3) is 6.08 Å². The van der Waals surface area contributed by atoms with E-state index < -0.39 is 4.92 Å². The number of rotatable bonds is 4. The molecule has 0 aliphatic carbocycles. The van der Waals surface area contributed by atoms with Crippen molar-refractivity contribution in [2.24, 2.45) is 0 Å². The summed E-state index contributed by atoms with van der Waals surface area (Å²) < 4.78 is 11.0. The van der Waals surface area contributed by atoms with Crippen LogP contribution in [0.3, 0.4) is 0 Å². The van der Waals surface area contributed by atoms with Gasteiger partial charge in [0.2, 0.25) is 5.78 Å². The number of hydrogen-bond acceptors (Lipinski definition) is 5. The van der Waals surface area contributed by atoms with Crippen LogP contribution in [0.15, 0.2) is 48.2 Å². The van der Waals surface area contributed by atoms with E-state index in [0.717, 1.165) is 0 Å². The third kappa shape index (κ3) is 2.91. The minimum absolute atomic E-state index is 0.00420. The summed E-state index contributed by atoms with van der Waals surface area (Å²) in [6.45, 7) is 2.40. The molecule has 0 radical (unpaired) electrons. The molecule has 6 heteroatoms. The summed E-state index contributed by atoms with van der Waals surface area (Å²) in [5.41, 5.74) is 1.12. The number of carbonyl (C=O) groups is 1. The molecule has 23 heavy (non-hydrogen) atoms. The van der Waals surface area contributed by atoms with E-state index >= 15 is 0 Å². The molecule has 0 fully saturated rings. The van der Waals surface area contributed by atoms with Crippen LogP contribution in [0.2, 0.25) is 0 Å².